The van der Waals surface area contributed by atoms with Gasteiger partial charge in [-0.1, -0.05) is 52.7 Å². The highest BCUT2D eigenvalue weighted by atomic mass is 32.1. The number of ether oxygens (including phenoxy) is 1. The van der Waals surface area contributed by atoms with Gasteiger partial charge in [0.2, 0.25) is 5.91 Å². The van der Waals surface area contributed by atoms with Gasteiger partial charge in [-0.3, -0.25) is 38.5 Å². The summed E-state index contributed by atoms with van der Waals surface area (Å²) in [6, 6.07) is 4.16. The van der Waals surface area contributed by atoms with E-state index in [9.17, 15) is 33.9 Å². The number of hydrogen-bond donors (Lipinski definition) is 5. The molecule has 0 radical (unpaired) electrons. The second-order valence-corrected chi connectivity index (χ2v) is 17.9. The number of likely N-dealkylation sites (tertiary alicyclic amines) is 1. The van der Waals surface area contributed by atoms with Crippen molar-refractivity contribution in [1.82, 2.24) is 25.6 Å². The lowest BCUT2D eigenvalue weighted by atomic mass is 9.84. The number of piperidine rings is 1. The maximum atomic E-state index is 14.7. The van der Waals surface area contributed by atoms with Crippen molar-refractivity contribution in [3.8, 4) is 12.3 Å². The lowest BCUT2D eigenvalue weighted by Crippen LogP contribution is -2.58. The van der Waals surface area contributed by atoms with Gasteiger partial charge in [-0.2, -0.15) is 0 Å². The van der Waals surface area contributed by atoms with E-state index in [1.165, 1.54) is 17.4 Å². The predicted octanol–water partition coefficient (Wildman–Crippen LogP) is 5.78. The zero-order valence-electron chi connectivity index (χ0n) is 37.3. The van der Waals surface area contributed by atoms with E-state index in [4.69, 9.17) is 21.4 Å². The van der Waals surface area contributed by atoms with Crippen LogP contribution in [-0.2, 0) is 40.0 Å². The minimum atomic E-state index is -1.20. The first-order valence-corrected chi connectivity index (χ1v) is 22.2. The summed E-state index contributed by atoms with van der Waals surface area (Å²) in [6.07, 6.45) is 9.63. The molecule has 2 heterocycles. The highest BCUT2D eigenvalue weighted by molar-refractivity contribution is 7.09. The molecule has 1 aliphatic rings. The minimum Gasteiger partial charge on any atom is -0.481 e. The van der Waals surface area contributed by atoms with E-state index in [1.807, 2.05) is 39.6 Å². The van der Waals surface area contributed by atoms with E-state index in [0.717, 1.165) is 36.3 Å². The molecule has 2 aromatic rings. The first kappa shape index (κ1) is 51.2. The summed E-state index contributed by atoms with van der Waals surface area (Å²) >= 11 is 1.10. The number of rotatable bonds is 24. The average Bonchev–Trinajstić information content (AvgIpc) is 3.72. The number of hydrogen-bond acceptors (Lipinski definition) is 12. The van der Waals surface area contributed by atoms with Crippen LogP contribution in [0.2, 0.25) is 0 Å². The number of aromatic nitrogens is 1. The summed E-state index contributed by atoms with van der Waals surface area (Å²) < 4.78 is 5.84. The van der Waals surface area contributed by atoms with Crippen molar-refractivity contribution >= 4 is 58.8 Å². The zero-order valence-corrected chi connectivity index (χ0v) is 38.1. The Kier molecular flexibility index (Phi) is 20.2. The number of nitrogens with zero attached hydrogens (tertiary/aromatic N) is 3. The fourth-order valence-electron chi connectivity index (χ4n) is 7.26. The number of amides is 4. The van der Waals surface area contributed by atoms with Gasteiger partial charge in [-0.15, -0.1) is 23.7 Å². The lowest BCUT2D eigenvalue weighted by molar-refractivity contribution is -0.213. The number of aliphatic carboxylic acids is 1. The smallest absolute Gasteiger partial charge is 0.309 e. The fraction of sp³-hybridized carbons (Fsp3) is 0.600. The highest BCUT2D eigenvalue weighted by Crippen LogP contribution is 2.32. The summed E-state index contributed by atoms with van der Waals surface area (Å²) in [4.78, 5) is 91.5. The van der Waals surface area contributed by atoms with Crippen molar-refractivity contribution < 1.29 is 43.4 Å². The van der Waals surface area contributed by atoms with Gasteiger partial charge in [0.1, 0.15) is 16.7 Å². The molecule has 16 nitrogen and oxygen atoms in total. The van der Waals surface area contributed by atoms with Gasteiger partial charge < -0.3 is 31.2 Å². The summed E-state index contributed by atoms with van der Waals surface area (Å²) in [5.74, 6) is -1.36. The van der Waals surface area contributed by atoms with Crippen LogP contribution in [-0.4, -0.2) is 106 Å². The molecule has 340 valence electrons. The maximum absolute atomic E-state index is 14.7. The molecule has 0 saturated carbocycles. The number of esters is 1. The van der Waals surface area contributed by atoms with E-state index >= 15 is 0 Å². The quantitative estimate of drug-likeness (QED) is 0.0280. The van der Waals surface area contributed by atoms with E-state index in [0.29, 0.717) is 42.6 Å². The number of nitrogens with one attached hydrogen (secondary N) is 4. The Balaban J connectivity index is 1.94. The Hall–Kier alpha value is -5.18. The molecular weight excluding hydrogens is 815 g/mol. The highest BCUT2D eigenvalue weighted by Gasteiger charge is 2.40. The van der Waals surface area contributed by atoms with Gasteiger partial charge >= 0.3 is 11.9 Å². The van der Waals surface area contributed by atoms with Gasteiger partial charge in [-0.25, -0.2) is 10.0 Å². The standard InChI is InChI=1S/C45H65N7O9S/c1-10-12-15-22-60-52(43(57)39(29(5)11-2)50-41(56)35-16-13-14-21-51(35)9)36(28(3)4)24-37(61-30(6)53)42-49-34(27-62-42)40(55)48-33(25-45(7,8)44(58)59)23-31-17-19-32(20-18-31)47-38(54)26-46/h1,17-20,26-29,33,35-37,39,46H,11-16,21-25H2,2-9H3,(H,47,54)(H,48,55)(H,50,56)(H,58,59)/t29-,33-,35+,36+,37+,39-/m0/s1. The van der Waals surface area contributed by atoms with Gasteiger partial charge in [0, 0.05) is 36.9 Å². The van der Waals surface area contributed by atoms with Crippen molar-refractivity contribution in [2.45, 2.75) is 137 Å². The molecule has 3 rings (SSSR count). The van der Waals surface area contributed by atoms with E-state index in [2.05, 4.69) is 26.9 Å². The number of carboxylic acids is 1. The Morgan fingerprint density at radius 1 is 1.13 bits per heavy atom. The minimum absolute atomic E-state index is 0.0248. The van der Waals surface area contributed by atoms with Gasteiger partial charge in [0.05, 0.1) is 30.3 Å². The average molecular weight is 880 g/mol. The maximum Gasteiger partial charge on any atom is 0.309 e. The van der Waals surface area contributed by atoms with Crippen LogP contribution in [0.1, 0.15) is 127 Å². The number of unbranched alkanes of at least 4 members (excludes halogenated alkanes) is 1. The number of terminal acetylenes is 1. The molecular formula is C45H65N7O9S. The Morgan fingerprint density at radius 2 is 1.82 bits per heavy atom. The number of thiazole rings is 1. The third-order valence-electron chi connectivity index (χ3n) is 11.1. The number of carboxylic acid groups (broad SMARTS) is 1. The number of carbonyl (C=O) groups is 6. The summed E-state index contributed by atoms with van der Waals surface area (Å²) in [5, 5.41) is 28.7. The molecule has 0 unspecified atom stereocenters. The number of hydroxylamine groups is 2. The molecule has 17 heteroatoms. The SMILES string of the molecule is C#CCCCON(C(=O)[C@@H](NC(=O)[C@H]1CCCCN1C)[C@@H](C)CC)[C@H](C[C@@H](OC(C)=O)c1nc(C(=O)N[C@@H](Cc2ccc(NC(=O)C=N)cc2)CC(C)(C)C(=O)O)cs1)C(C)C. The van der Waals surface area contributed by atoms with Gasteiger partial charge in [-0.05, 0) is 89.1 Å². The molecule has 6 atom stereocenters. The Morgan fingerprint density at radius 3 is 2.40 bits per heavy atom. The molecule has 0 bridgehead atoms. The third kappa shape index (κ3) is 15.3. The van der Waals surface area contributed by atoms with Gasteiger partial charge in [0.25, 0.3) is 17.7 Å². The van der Waals surface area contributed by atoms with E-state index in [-0.39, 0.29) is 55.3 Å². The summed E-state index contributed by atoms with van der Waals surface area (Å²) in [5.41, 5.74) is 0.0510. The number of carbonyl (C=O) groups excluding carboxylic acids is 5. The van der Waals surface area contributed by atoms with Crippen molar-refractivity contribution in [2.75, 3.05) is 25.5 Å². The molecule has 5 N–H and O–H groups in total. The van der Waals surface area contributed by atoms with Crippen molar-refractivity contribution in [1.29, 1.82) is 5.41 Å². The Labute approximate surface area is 369 Å². The number of benzene rings is 1. The fourth-order valence-corrected chi connectivity index (χ4v) is 8.10. The molecule has 0 spiro atoms. The molecule has 62 heavy (non-hydrogen) atoms. The van der Waals surface area contributed by atoms with Crippen molar-refractivity contribution in [3.05, 3.63) is 45.9 Å². The predicted molar refractivity (Wildman–Crippen MR) is 237 cm³/mol. The number of anilines is 1. The van der Waals surface area contributed by atoms with Gasteiger partial charge in [0.15, 0.2) is 6.10 Å². The van der Waals surface area contributed by atoms with Crippen LogP contribution in [0.3, 0.4) is 0 Å². The van der Waals surface area contributed by atoms with E-state index < -0.39 is 59.3 Å². The second kappa shape index (κ2) is 24.5. The number of likely N-dealkylation sites (N-methyl/N-ethyl adjacent to an activating group) is 1. The van der Waals surface area contributed by atoms with E-state index in [1.54, 1.807) is 38.1 Å². The van der Waals surface area contributed by atoms with Crippen LogP contribution in [0.4, 0.5) is 5.69 Å². The largest absolute Gasteiger partial charge is 0.481 e. The normalized spacial score (nSPS) is 16.7. The molecule has 4 amide bonds. The molecule has 1 aromatic heterocycles. The van der Waals surface area contributed by atoms with Crippen LogP contribution in [0, 0.1) is 35.0 Å². The molecule has 0 aliphatic carbocycles. The topological polar surface area (TPSA) is 220 Å². The first-order chi connectivity index (χ1) is 29.3. The monoisotopic (exact) mass is 879 g/mol. The first-order valence-electron chi connectivity index (χ1n) is 21.3. The lowest BCUT2D eigenvalue weighted by Gasteiger charge is -2.39. The second-order valence-electron chi connectivity index (χ2n) is 17.0. The van der Waals surface area contributed by atoms with Crippen LogP contribution in [0.15, 0.2) is 29.6 Å². The zero-order chi connectivity index (χ0) is 46.1. The molecule has 1 saturated heterocycles. The van der Waals surface area contributed by atoms with Crippen LogP contribution in [0.5, 0.6) is 0 Å². The third-order valence-corrected chi connectivity index (χ3v) is 12.1. The van der Waals surface area contributed by atoms with Crippen molar-refractivity contribution in [2.24, 2.45) is 17.3 Å². The van der Waals surface area contributed by atoms with Crippen LogP contribution in [0.25, 0.3) is 0 Å². The summed E-state index contributed by atoms with van der Waals surface area (Å²) in [7, 11) is 1.91. The van der Waals surface area contributed by atoms with Crippen LogP contribution >= 0.6 is 11.3 Å². The Bertz CT molecular complexity index is 1890. The molecule has 1 fully saturated rings. The molecule has 1 aliphatic heterocycles. The van der Waals surface area contributed by atoms with Crippen LogP contribution < -0.4 is 16.0 Å². The molecule has 1 aromatic carbocycles. The van der Waals surface area contributed by atoms with Crippen molar-refractivity contribution in [3.63, 3.8) is 0 Å². The summed E-state index contributed by atoms with van der Waals surface area (Å²) in [6.45, 7) is 13.0.